The molecule has 5 heteroatoms. The molecule has 0 N–H and O–H groups in total. The maximum Gasteiger partial charge on any atom is 0.235 e. The second-order valence-electron chi connectivity index (χ2n) is 8.62. The molecule has 3 fully saturated rings. The lowest BCUT2D eigenvalue weighted by Crippen LogP contribution is -2.44. The highest BCUT2D eigenvalue weighted by molar-refractivity contribution is 6.07. The predicted molar refractivity (Wildman–Crippen MR) is 100 cm³/mol. The van der Waals surface area contributed by atoms with Crippen molar-refractivity contribution in [2.75, 3.05) is 11.6 Å². The second-order valence-corrected chi connectivity index (χ2v) is 8.62. The molecule has 1 aromatic carbocycles. The molecule has 1 saturated heterocycles. The van der Waals surface area contributed by atoms with Crippen molar-refractivity contribution in [1.29, 1.82) is 0 Å². The third kappa shape index (κ3) is 2.27. The summed E-state index contributed by atoms with van der Waals surface area (Å²) < 4.78 is 0. The maximum absolute atomic E-state index is 13.1. The Labute approximate surface area is 159 Å². The van der Waals surface area contributed by atoms with Gasteiger partial charge in [0.15, 0.2) is 0 Å². The standard InChI is InChI=1S/C22H24N2O3/c1-11-4-5-14(8-12(11)2)23(13(3)25)10-24-21(26)19-15-6-7-16(18-9-17(15)18)20(19)22(24)27/h4-8,15-20H,9-10H2,1-3H3/t15-,16+,17-,18-,19+,20-/m1/s1. The van der Waals surface area contributed by atoms with E-state index in [1.54, 1.807) is 0 Å². The lowest BCUT2D eigenvalue weighted by Gasteiger charge is -2.37. The van der Waals surface area contributed by atoms with Gasteiger partial charge in [-0.05, 0) is 67.2 Å². The summed E-state index contributed by atoms with van der Waals surface area (Å²) in [7, 11) is 0. The summed E-state index contributed by atoms with van der Waals surface area (Å²) in [6.45, 7) is 5.50. The summed E-state index contributed by atoms with van der Waals surface area (Å²) in [6, 6.07) is 5.78. The van der Waals surface area contributed by atoms with Crippen molar-refractivity contribution in [3.8, 4) is 0 Å². The Bertz CT molecular complexity index is 869. The molecule has 2 saturated carbocycles. The van der Waals surface area contributed by atoms with E-state index in [9.17, 15) is 14.4 Å². The summed E-state index contributed by atoms with van der Waals surface area (Å²) in [5.41, 5.74) is 2.95. The molecule has 1 aromatic rings. The number of hydrogen-bond acceptors (Lipinski definition) is 3. The monoisotopic (exact) mass is 364 g/mol. The van der Waals surface area contributed by atoms with E-state index in [4.69, 9.17) is 0 Å². The number of amides is 3. The highest BCUT2D eigenvalue weighted by Crippen LogP contribution is 2.65. The molecule has 0 radical (unpaired) electrons. The predicted octanol–water partition coefficient (Wildman–Crippen LogP) is 2.67. The molecule has 6 atom stereocenters. The Kier molecular flexibility index (Phi) is 3.43. The zero-order valence-electron chi connectivity index (χ0n) is 15.9. The van der Waals surface area contributed by atoms with Gasteiger partial charge in [-0.2, -0.15) is 0 Å². The number of anilines is 1. The molecule has 1 aliphatic heterocycles. The SMILES string of the molecule is CC(=O)N(CN1C(=O)[C@@H]2[C@H]3C=C[C@H]([C@H]4C[C@H]34)[C@@H]2C1=O)c1ccc(C)c(C)c1. The van der Waals surface area contributed by atoms with E-state index in [0.29, 0.717) is 11.8 Å². The van der Waals surface area contributed by atoms with Crippen LogP contribution in [-0.4, -0.2) is 29.3 Å². The smallest absolute Gasteiger partial charge is 0.235 e. The molecule has 5 aliphatic rings. The lowest BCUT2D eigenvalue weighted by molar-refractivity contribution is -0.140. The highest BCUT2D eigenvalue weighted by atomic mass is 16.2. The van der Waals surface area contributed by atoms with E-state index >= 15 is 0 Å². The average Bonchev–Trinajstić information content (AvgIpc) is 3.41. The molecule has 1 heterocycles. The van der Waals surface area contributed by atoms with Crippen LogP contribution in [0.25, 0.3) is 0 Å². The molecule has 0 aromatic heterocycles. The number of carbonyl (C=O) groups is 3. The fourth-order valence-corrected chi connectivity index (χ4v) is 5.56. The molecule has 140 valence electrons. The van der Waals surface area contributed by atoms with Gasteiger partial charge < -0.3 is 0 Å². The fraction of sp³-hybridized carbons (Fsp3) is 0.500. The van der Waals surface area contributed by atoms with Gasteiger partial charge in [-0.3, -0.25) is 24.2 Å². The van der Waals surface area contributed by atoms with Crippen LogP contribution in [0.1, 0.15) is 24.5 Å². The number of carbonyl (C=O) groups excluding carboxylic acids is 3. The number of rotatable bonds is 3. The summed E-state index contributed by atoms with van der Waals surface area (Å²) in [5.74, 6) is 0.794. The lowest BCUT2D eigenvalue weighted by atomic mass is 9.63. The Morgan fingerprint density at radius 2 is 1.63 bits per heavy atom. The van der Waals surface area contributed by atoms with Crippen molar-refractivity contribution in [2.24, 2.45) is 35.5 Å². The molecule has 3 amide bonds. The summed E-state index contributed by atoms with van der Waals surface area (Å²) >= 11 is 0. The average molecular weight is 364 g/mol. The number of allylic oxidation sites excluding steroid dienone is 2. The van der Waals surface area contributed by atoms with Gasteiger partial charge in [0.25, 0.3) is 0 Å². The van der Waals surface area contributed by atoms with Crippen molar-refractivity contribution in [3.05, 3.63) is 41.5 Å². The van der Waals surface area contributed by atoms with E-state index in [2.05, 4.69) is 12.2 Å². The minimum absolute atomic E-state index is 0.0112. The summed E-state index contributed by atoms with van der Waals surface area (Å²) in [5, 5.41) is 0. The first-order chi connectivity index (χ1) is 12.9. The number of benzene rings is 1. The largest absolute Gasteiger partial charge is 0.294 e. The minimum Gasteiger partial charge on any atom is -0.294 e. The Balaban J connectivity index is 1.44. The van der Waals surface area contributed by atoms with E-state index < -0.39 is 0 Å². The molecular weight excluding hydrogens is 340 g/mol. The molecule has 2 bridgehead atoms. The second kappa shape index (κ2) is 5.54. The topological polar surface area (TPSA) is 57.7 Å². The van der Waals surface area contributed by atoms with Crippen LogP contribution in [0.3, 0.4) is 0 Å². The Hall–Kier alpha value is -2.43. The van der Waals surface area contributed by atoms with Crippen molar-refractivity contribution in [1.82, 2.24) is 4.90 Å². The van der Waals surface area contributed by atoms with E-state index in [1.807, 2.05) is 32.0 Å². The van der Waals surface area contributed by atoms with E-state index in [0.717, 1.165) is 23.2 Å². The number of imide groups is 1. The fourth-order valence-electron chi connectivity index (χ4n) is 5.56. The van der Waals surface area contributed by atoms with Crippen molar-refractivity contribution >= 4 is 23.4 Å². The maximum atomic E-state index is 13.1. The third-order valence-corrected chi connectivity index (χ3v) is 7.22. The van der Waals surface area contributed by atoms with E-state index in [1.165, 1.54) is 16.7 Å². The molecule has 0 spiro atoms. The molecule has 4 aliphatic carbocycles. The molecule has 0 unspecified atom stereocenters. The minimum atomic E-state index is -0.218. The van der Waals surface area contributed by atoms with Crippen LogP contribution in [0, 0.1) is 49.4 Å². The zero-order chi connectivity index (χ0) is 19.0. The first-order valence-corrected chi connectivity index (χ1v) is 9.77. The normalized spacial score (nSPS) is 35.3. The van der Waals surface area contributed by atoms with Crippen molar-refractivity contribution < 1.29 is 14.4 Å². The van der Waals surface area contributed by atoms with Gasteiger partial charge in [-0.1, -0.05) is 18.2 Å². The van der Waals surface area contributed by atoms with E-state index in [-0.39, 0.29) is 48.1 Å². The van der Waals surface area contributed by atoms with Gasteiger partial charge in [0.1, 0.15) is 6.67 Å². The molecular formula is C22H24N2O3. The van der Waals surface area contributed by atoms with Crippen LogP contribution in [-0.2, 0) is 14.4 Å². The van der Waals surface area contributed by atoms with Crippen LogP contribution in [0.15, 0.2) is 30.4 Å². The summed E-state index contributed by atoms with van der Waals surface area (Å²) in [6.07, 6.45) is 5.49. The molecule has 27 heavy (non-hydrogen) atoms. The molecule has 6 rings (SSSR count). The van der Waals surface area contributed by atoms with Gasteiger partial charge in [0, 0.05) is 12.6 Å². The van der Waals surface area contributed by atoms with Crippen LogP contribution >= 0.6 is 0 Å². The van der Waals surface area contributed by atoms with Crippen LogP contribution in [0.5, 0.6) is 0 Å². The van der Waals surface area contributed by atoms with Crippen molar-refractivity contribution in [3.63, 3.8) is 0 Å². The Morgan fingerprint density at radius 3 is 2.15 bits per heavy atom. The highest BCUT2D eigenvalue weighted by Gasteiger charge is 2.67. The van der Waals surface area contributed by atoms with Gasteiger partial charge in [0.2, 0.25) is 17.7 Å². The van der Waals surface area contributed by atoms with Gasteiger partial charge >= 0.3 is 0 Å². The number of nitrogens with zero attached hydrogens (tertiary/aromatic N) is 2. The van der Waals surface area contributed by atoms with Gasteiger partial charge in [0.05, 0.1) is 11.8 Å². The molecule has 5 nitrogen and oxygen atoms in total. The number of aryl methyl sites for hydroxylation is 2. The van der Waals surface area contributed by atoms with Crippen LogP contribution in [0.2, 0.25) is 0 Å². The zero-order valence-corrected chi connectivity index (χ0v) is 15.9. The number of likely N-dealkylation sites (tertiary alicyclic amines) is 1. The first-order valence-electron chi connectivity index (χ1n) is 9.77. The quantitative estimate of drug-likeness (QED) is 0.612. The van der Waals surface area contributed by atoms with Crippen LogP contribution in [0.4, 0.5) is 5.69 Å². The van der Waals surface area contributed by atoms with Gasteiger partial charge in [-0.25, -0.2) is 0 Å². The van der Waals surface area contributed by atoms with Crippen molar-refractivity contribution in [2.45, 2.75) is 27.2 Å². The summed E-state index contributed by atoms with van der Waals surface area (Å²) in [4.78, 5) is 41.5. The number of hydrogen-bond donors (Lipinski definition) is 0. The Morgan fingerprint density at radius 1 is 1.04 bits per heavy atom. The third-order valence-electron chi connectivity index (χ3n) is 7.22. The first kappa shape index (κ1) is 16.7. The van der Waals surface area contributed by atoms with Gasteiger partial charge in [-0.15, -0.1) is 0 Å². The van der Waals surface area contributed by atoms with Crippen LogP contribution < -0.4 is 4.90 Å².